The molecule has 2 rings (SSSR count). The number of phosphoric ester groups is 1. The van der Waals surface area contributed by atoms with E-state index >= 15 is 0 Å². The molecule has 1 fully saturated rings. The van der Waals surface area contributed by atoms with Gasteiger partial charge in [-0.25, -0.2) is 18.5 Å². The van der Waals surface area contributed by atoms with Gasteiger partial charge >= 0.3 is 29.2 Å². The van der Waals surface area contributed by atoms with Crippen molar-refractivity contribution in [1.82, 2.24) is 9.55 Å². The molecule has 0 spiro atoms. The number of nitrogens with zero attached hydrogens (tertiary/aromatic N) is 2. The average Bonchev–Trinajstić information content (AvgIpc) is 2.86. The van der Waals surface area contributed by atoms with Crippen LogP contribution in [-0.4, -0.2) is 53.0 Å². The fourth-order valence-corrected chi connectivity index (χ4v) is 5.40. The fraction of sp³-hybridized carbons (Fsp3) is 0.556. The van der Waals surface area contributed by atoms with E-state index in [0.29, 0.717) is 0 Å². The van der Waals surface area contributed by atoms with Gasteiger partial charge in [0.2, 0.25) is 0 Å². The van der Waals surface area contributed by atoms with Gasteiger partial charge in [0.1, 0.15) is 11.9 Å². The SMILES string of the molecule is Nc1nc(=O)n([C@@H]2O[C@H](COP(=O)(O)OP(=O)(O)OP(=O)(O)O)C[C@H]2O)cc1Cl. The van der Waals surface area contributed by atoms with Gasteiger partial charge in [-0.3, -0.25) is 9.09 Å². The number of hydrogen-bond acceptors (Lipinski definition) is 11. The predicted octanol–water partition coefficient (Wildman–Crippen LogP) is -0.529. The average molecular weight is 502 g/mol. The molecule has 5 atom stereocenters. The molecule has 2 unspecified atom stereocenters. The zero-order chi connectivity index (χ0) is 22.2. The topological polar surface area (TPSA) is 250 Å². The van der Waals surface area contributed by atoms with Crippen LogP contribution in [0.2, 0.25) is 5.02 Å². The highest BCUT2D eigenvalue weighted by Gasteiger charge is 2.42. The highest BCUT2D eigenvalue weighted by Crippen LogP contribution is 2.66. The third-order valence-electron chi connectivity index (χ3n) is 3.21. The molecular weight excluding hydrogens is 486 g/mol. The maximum absolute atomic E-state index is 11.9. The first-order valence-electron chi connectivity index (χ1n) is 7.24. The van der Waals surface area contributed by atoms with Crippen LogP contribution in [-0.2, 0) is 31.6 Å². The molecule has 0 saturated carbocycles. The molecule has 29 heavy (non-hydrogen) atoms. The molecule has 0 bridgehead atoms. The van der Waals surface area contributed by atoms with E-state index in [1.54, 1.807) is 0 Å². The second-order valence-electron chi connectivity index (χ2n) is 5.50. The third-order valence-corrected chi connectivity index (χ3v) is 7.31. The van der Waals surface area contributed by atoms with Crippen molar-refractivity contribution in [2.75, 3.05) is 12.3 Å². The highest BCUT2D eigenvalue weighted by atomic mass is 35.5. The van der Waals surface area contributed by atoms with E-state index in [2.05, 4.69) is 18.1 Å². The molecule has 0 aliphatic carbocycles. The van der Waals surface area contributed by atoms with Crippen LogP contribution in [0.5, 0.6) is 0 Å². The molecule has 1 aromatic heterocycles. The number of hydrogen-bond donors (Lipinski definition) is 6. The molecular formula is C9H15ClN3O13P3. The third kappa shape index (κ3) is 7.19. The number of nitrogen functional groups attached to an aromatic ring is 1. The van der Waals surface area contributed by atoms with E-state index in [9.17, 15) is 28.5 Å². The van der Waals surface area contributed by atoms with Gasteiger partial charge in [-0.05, 0) is 0 Å². The first-order valence-corrected chi connectivity index (χ1v) is 12.1. The number of rotatable bonds is 8. The van der Waals surface area contributed by atoms with Crippen LogP contribution in [0.3, 0.4) is 0 Å². The zero-order valence-electron chi connectivity index (χ0n) is 13.9. The summed E-state index contributed by atoms with van der Waals surface area (Å²) in [6.07, 6.45) is -2.87. The summed E-state index contributed by atoms with van der Waals surface area (Å²) in [5.41, 5.74) is 4.48. The first kappa shape index (κ1) is 24.6. The summed E-state index contributed by atoms with van der Waals surface area (Å²) in [7, 11) is -16.5. The molecule has 0 aromatic carbocycles. The molecule has 16 nitrogen and oxygen atoms in total. The van der Waals surface area contributed by atoms with E-state index in [-0.39, 0.29) is 17.3 Å². The van der Waals surface area contributed by atoms with E-state index in [1.165, 1.54) is 0 Å². The Kier molecular flexibility index (Phi) is 7.46. The zero-order valence-corrected chi connectivity index (χ0v) is 17.4. The molecule has 2 heterocycles. The number of ether oxygens (including phenoxy) is 1. The molecule has 1 saturated heterocycles. The van der Waals surface area contributed by atoms with Gasteiger partial charge in [0.25, 0.3) is 0 Å². The fourth-order valence-electron chi connectivity index (χ4n) is 2.21. The Balaban J connectivity index is 2.01. The Morgan fingerprint density at radius 3 is 2.45 bits per heavy atom. The van der Waals surface area contributed by atoms with Crippen molar-refractivity contribution in [3.05, 3.63) is 21.7 Å². The maximum atomic E-state index is 11.9. The summed E-state index contributed by atoms with van der Waals surface area (Å²) in [5, 5.41) is 9.94. The Hall–Kier alpha value is -0.700. The second-order valence-corrected chi connectivity index (χ2v) is 10.3. The molecule has 0 amide bonds. The van der Waals surface area contributed by atoms with E-state index in [4.69, 9.17) is 36.8 Å². The summed E-state index contributed by atoms with van der Waals surface area (Å²) < 4.78 is 51.1. The van der Waals surface area contributed by atoms with Gasteiger partial charge in [-0.1, -0.05) is 11.6 Å². The van der Waals surface area contributed by atoms with Crippen molar-refractivity contribution in [2.24, 2.45) is 0 Å². The lowest BCUT2D eigenvalue weighted by Gasteiger charge is -2.19. The number of phosphoric acid groups is 3. The first-order chi connectivity index (χ1) is 13.1. The van der Waals surface area contributed by atoms with Crippen LogP contribution < -0.4 is 11.4 Å². The van der Waals surface area contributed by atoms with Gasteiger partial charge in [-0.2, -0.15) is 13.6 Å². The van der Waals surface area contributed by atoms with E-state index < -0.39 is 54.2 Å². The molecule has 7 N–H and O–H groups in total. The summed E-state index contributed by atoms with van der Waals surface area (Å²) in [6.45, 7) is -0.790. The molecule has 20 heteroatoms. The van der Waals surface area contributed by atoms with Gasteiger partial charge in [0, 0.05) is 12.6 Å². The Bertz CT molecular complexity index is 965. The lowest BCUT2D eigenvalue weighted by molar-refractivity contribution is -0.0523. The molecule has 0 radical (unpaired) electrons. The number of halogens is 1. The van der Waals surface area contributed by atoms with E-state index in [0.717, 1.165) is 10.8 Å². The number of aliphatic hydroxyl groups is 1. The number of aromatic nitrogens is 2. The molecule has 166 valence electrons. The minimum Gasteiger partial charge on any atom is -0.388 e. The second kappa shape index (κ2) is 8.81. The van der Waals surface area contributed by atoms with Crippen molar-refractivity contribution in [1.29, 1.82) is 0 Å². The summed E-state index contributed by atoms with van der Waals surface area (Å²) in [4.78, 5) is 50.6. The number of aliphatic hydroxyl groups excluding tert-OH is 1. The van der Waals surface area contributed by atoms with Gasteiger partial charge in [0.15, 0.2) is 6.23 Å². The van der Waals surface area contributed by atoms with Crippen molar-refractivity contribution < 1.29 is 56.3 Å². The Morgan fingerprint density at radius 1 is 1.24 bits per heavy atom. The largest absolute Gasteiger partial charge is 0.490 e. The minimum absolute atomic E-state index is 0.0999. The number of nitrogens with two attached hydrogens (primary N) is 1. The van der Waals surface area contributed by atoms with Crippen LogP contribution in [0.15, 0.2) is 11.0 Å². The maximum Gasteiger partial charge on any atom is 0.490 e. The monoisotopic (exact) mass is 501 g/mol. The number of anilines is 1. The van der Waals surface area contributed by atoms with Gasteiger partial charge in [-0.15, -0.1) is 0 Å². The highest BCUT2D eigenvalue weighted by molar-refractivity contribution is 7.66. The van der Waals surface area contributed by atoms with Crippen molar-refractivity contribution >= 4 is 40.9 Å². The molecule has 1 aromatic rings. The Morgan fingerprint density at radius 2 is 1.86 bits per heavy atom. The van der Waals surface area contributed by atoms with E-state index in [1.807, 2.05) is 0 Å². The normalized spacial score (nSPS) is 26.8. The van der Waals surface area contributed by atoms with Crippen LogP contribution in [0.25, 0.3) is 0 Å². The lowest BCUT2D eigenvalue weighted by atomic mass is 10.2. The van der Waals surface area contributed by atoms with Gasteiger partial charge < -0.3 is 35.2 Å². The molecule has 1 aliphatic heterocycles. The van der Waals surface area contributed by atoms with Crippen LogP contribution >= 0.6 is 35.1 Å². The van der Waals surface area contributed by atoms with Crippen LogP contribution in [0, 0.1) is 0 Å². The quantitative estimate of drug-likeness (QED) is 0.245. The summed E-state index contributed by atoms with van der Waals surface area (Å²) >= 11 is 5.76. The van der Waals surface area contributed by atoms with Crippen LogP contribution in [0.4, 0.5) is 5.82 Å². The Labute approximate surface area is 166 Å². The van der Waals surface area contributed by atoms with Crippen molar-refractivity contribution in [3.8, 4) is 0 Å². The van der Waals surface area contributed by atoms with Crippen molar-refractivity contribution in [3.63, 3.8) is 0 Å². The van der Waals surface area contributed by atoms with Gasteiger partial charge in [0.05, 0.1) is 17.7 Å². The molecule has 1 aliphatic rings. The summed E-state index contributed by atoms with van der Waals surface area (Å²) in [6, 6.07) is 0. The van der Waals surface area contributed by atoms with Crippen LogP contribution in [0.1, 0.15) is 12.6 Å². The smallest absolute Gasteiger partial charge is 0.388 e. The lowest BCUT2D eigenvalue weighted by Crippen LogP contribution is -2.32. The van der Waals surface area contributed by atoms with Crippen molar-refractivity contribution in [2.45, 2.75) is 24.9 Å². The summed E-state index contributed by atoms with van der Waals surface area (Å²) in [5.74, 6) is -0.246. The minimum atomic E-state index is -5.66. The predicted molar refractivity (Wildman–Crippen MR) is 92.3 cm³/mol. The standard InChI is InChI=1S/C9H15ClN3O13P3/c10-5-2-13(9(15)12-7(5)11)8-6(14)1-4(24-8)3-23-28(19,20)26-29(21,22)25-27(16,17)18/h2,4,6,8,14H,1,3H2,(H,19,20)(H,21,22)(H2,11,12,15)(H2,16,17,18)/t4-,6+,8+/m0/s1.